The molecule has 0 aliphatic carbocycles. The standard InChI is InChI=1S/C19H29O10P/c1-19(24,11-8-14-28-18(23)10-7-13-21)17(29-30(25,26)27)15-16(22)9-5-3-2-4-6-12-20/h2-11,16-17,20-22,24H,12-15H2,1H3,(H2,25,26,27)/b3-2-,6-4+,9-5-,10-7-,11-8+/t16-,17+,19+/m0/s1. The van der Waals surface area contributed by atoms with Crippen LogP contribution in [0.15, 0.2) is 60.8 Å². The lowest BCUT2D eigenvalue weighted by Crippen LogP contribution is -2.41. The zero-order valence-corrected chi connectivity index (χ0v) is 17.4. The highest BCUT2D eigenvalue weighted by Crippen LogP contribution is 2.41. The number of allylic oxidation sites excluding steroid dienone is 4. The Hall–Kier alpha value is -1.88. The minimum Gasteiger partial charge on any atom is -0.458 e. The van der Waals surface area contributed by atoms with Crippen LogP contribution in [0.1, 0.15) is 13.3 Å². The van der Waals surface area contributed by atoms with Gasteiger partial charge in [-0.15, -0.1) is 0 Å². The number of carbonyl (C=O) groups is 1. The molecule has 3 atom stereocenters. The molecule has 0 aromatic heterocycles. The fourth-order valence-electron chi connectivity index (χ4n) is 2.03. The topological polar surface area (TPSA) is 174 Å². The summed E-state index contributed by atoms with van der Waals surface area (Å²) in [5, 5.41) is 37.8. The molecule has 6 N–H and O–H groups in total. The predicted octanol–water partition coefficient (Wildman–Crippen LogP) is 0.275. The van der Waals surface area contributed by atoms with Crippen molar-refractivity contribution in [3.05, 3.63) is 60.8 Å². The van der Waals surface area contributed by atoms with Gasteiger partial charge in [0, 0.05) is 12.5 Å². The van der Waals surface area contributed by atoms with Gasteiger partial charge in [-0.05, 0) is 13.0 Å². The van der Waals surface area contributed by atoms with Crippen LogP contribution < -0.4 is 0 Å². The molecule has 0 heterocycles. The monoisotopic (exact) mass is 448 g/mol. The summed E-state index contributed by atoms with van der Waals surface area (Å²) in [4.78, 5) is 29.5. The van der Waals surface area contributed by atoms with E-state index in [0.717, 1.165) is 12.2 Å². The van der Waals surface area contributed by atoms with Crippen molar-refractivity contribution >= 4 is 13.8 Å². The number of carbonyl (C=O) groups excluding carboxylic acids is 1. The molecule has 0 aliphatic heterocycles. The summed E-state index contributed by atoms with van der Waals surface area (Å²) in [5.74, 6) is -0.723. The van der Waals surface area contributed by atoms with Gasteiger partial charge in [0.2, 0.25) is 0 Å². The highest BCUT2D eigenvalue weighted by molar-refractivity contribution is 7.46. The Morgan fingerprint density at radius 1 is 1.07 bits per heavy atom. The first-order valence-electron chi connectivity index (χ1n) is 8.89. The molecule has 10 nitrogen and oxygen atoms in total. The van der Waals surface area contributed by atoms with Crippen LogP contribution >= 0.6 is 7.82 Å². The zero-order valence-electron chi connectivity index (χ0n) is 16.5. The Morgan fingerprint density at radius 2 is 1.70 bits per heavy atom. The molecule has 0 fully saturated rings. The molecule has 0 spiro atoms. The van der Waals surface area contributed by atoms with Crippen LogP contribution in [0.2, 0.25) is 0 Å². The van der Waals surface area contributed by atoms with Gasteiger partial charge < -0.3 is 34.9 Å². The molecule has 0 amide bonds. The molecule has 11 heteroatoms. The molecule has 0 aromatic carbocycles. The second kappa shape index (κ2) is 15.0. The Labute approximate surface area is 175 Å². The second-order valence-electron chi connectivity index (χ2n) is 6.11. The van der Waals surface area contributed by atoms with Gasteiger partial charge in [0.1, 0.15) is 18.3 Å². The molecular weight excluding hydrogens is 419 g/mol. The first-order chi connectivity index (χ1) is 14.0. The third-order valence-electron chi connectivity index (χ3n) is 3.42. The van der Waals surface area contributed by atoms with E-state index in [-0.39, 0.29) is 26.2 Å². The van der Waals surface area contributed by atoms with Crippen LogP contribution in [0.4, 0.5) is 0 Å². The Morgan fingerprint density at radius 3 is 2.30 bits per heavy atom. The Kier molecular flexibility index (Phi) is 14.1. The van der Waals surface area contributed by atoms with E-state index in [1.54, 1.807) is 18.2 Å². The maximum absolute atomic E-state index is 11.3. The summed E-state index contributed by atoms with van der Waals surface area (Å²) in [6.45, 7) is 0.529. The van der Waals surface area contributed by atoms with Crippen LogP contribution in [-0.2, 0) is 18.6 Å². The van der Waals surface area contributed by atoms with Gasteiger partial charge in [-0.1, -0.05) is 48.6 Å². The van der Waals surface area contributed by atoms with E-state index >= 15 is 0 Å². The fraction of sp³-hybridized carbons (Fsp3) is 0.421. The van der Waals surface area contributed by atoms with E-state index in [9.17, 15) is 19.6 Å². The van der Waals surface area contributed by atoms with Gasteiger partial charge >= 0.3 is 13.8 Å². The molecule has 170 valence electrons. The predicted molar refractivity (Wildman–Crippen MR) is 109 cm³/mol. The molecule has 0 bridgehead atoms. The average Bonchev–Trinajstić information content (AvgIpc) is 2.64. The summed E-state index contributed by atoms with van der Waals surface area (Å²) >= 11 is 0. The number of phosphoric ester groups is 1. The number of ether oxygens (including phenoxy) is 1. The summed E-state index contributed by atoms with van der Waals surface area (Å²) in [6, 6.07) is 0. The van der Waals surface area contributed by atoms with Crippen molar-refractivity contribution < 1.29 is 48.8 Å². The lowest BCUT2D eigenvalue weighted by molar-refractivity contribution is -0.136. The fourth-order valence-corrected chi connectivity index (χ4v) is 2.66. The van der Waals surface area contributed by atoms with Crippen LogP contribution in [0, 0.1) is 0 Å². The molecule has 30 heavy (non-hydrogen) atoms. The van der Waals surface area contributed by atoms with Gasteiger partial charge in [0.25, 0.3) is 0 Å². The summed E-state index contributed by atoms with van der Waals surface area (Å²) in [7, 11) is -4.98. The summed E-state index contributed by atoms with van der Waals surface area (Å²) in [6.07, 6.45) is 10.6. The number of rotatable bonds is 14. The Bertz CT molecular complexity index is 687. The smallest absolute Gasteiger partial charge is 0.458 e. The first-order valence-corrected chi connectivity index (χ1v) is 10.4. The van der Waals surface area contributed by atoms with E-state index in [1.807, 2.05) is 0 Å². The average molecular weight is 448 g/mol. The van der Waals surface area contributed by atoms with Crippen molar-refractivity contribution in [2.45, 2.75) is 31.2 Å². The van der Waals surface area contributed by atoms with E-state index in [4.69, 9.17) is 24.7 Å². The maximum atomic E-state index is 11.3. The van der Waals surface area contributed by atoms with Crippen LogP contribution in [-0.4, -0.2) is 73.8 Å². The number of esters is 1. The first kappa shape index (κ1) is 28.1. The SMILES string of the molecule is C[C@@](O)(/C=C/COC(=O)/C=C\CO)[C@@H](C[C@@H](O)\C=C/C=C\C=C\CO)OP(=O)(O)O. The molecule has 0 radical (unpaired) electrons. The summed E-state index contributed by atoms with van der Waals surface area (Å²) < 4.78 is 20.7. The van der Waals surface area contributed by atoms with E-state index in [1.165, 1.54) is 37.3 Å². The Balaban J connectivity index is 5.05. The van der Waals surface area contributed by atoms with Crippen LogP contribution in [0.5, 0.6) is 0 Å². The molecule has 0 unspecified atom stereocenters. The van der Waals surface area contributed by atoms with Crippen molar-refractivity contribution in [3.8, 4) is 0 Å². The molecule has 0 saturated heterocycles. The van der Waals surface area contributed by atoms with Gasteiger partial charge in [-0.2, -0.15) is 0 Å². The largest absolute Gasteiger partial charge is 0.469 e. The van der Waals surface area contributed by atoms with E-state index in [2.05, 4.69) is 4.52 Å². The minimum atomic E-state index is -4.98. The number of aliphatic hydroxyl groups is 4. The van der Waals surface area contributed by atoms with Crippen LogP contribution in [0.25, 0.3) is 0 Å². The number of hydrogen-bond donors (Lipinski definition) is 6. The number of aliphatic hydroxyl groups excluding tert-OH is 3. The summed E-state index contributed by atoms with van der Waals surface area (Å²) in [5.41, 5.74) is -1.91. The molecular formula is C19H29O10P. The van der Waals surface area contributed by atoms with Gasteiger partial charge in [-0.3, -0.25) is 4.52 Å². The molecule has 0 saturated carbocycles. The van der Waals surface area contributed by atoms with Gasteiger partial charge in [0.15, 0.2) is 0 Å². The third-order valence-corrected chi connectivity index (χ3v) is 3.95. The van der Waals surface area contributed by atoms with Crippen molar-refractivity contribution in [1.29, 1.82) is 0 Å². The second-order valence-corrected chi connectivity index (χ2v) is 7.30. The molecule has 0 rings (SSSR count). The molecule has 0 aromatic rings. The van der Waals surface area contributed by atoms with Crippen molar-refractivity contribution in [2.24, 2.45) is 0 Å². The lowest BCUT2D eigenvalue weighted by atomic mass is 9.93. The zero-order chi connectivity index (χ0) is 23.0. The third kappa shape index (κ3) is 15.0. The normalized spacial score (nSPS) is 17.4. The maximum Gasteiger partial charge on any atom is 0.469 e. The molecule has 0 aliphatic rings. The van der Waals surface area contributed by atoms with Crippen molar-refractivity contribution in [1.82, 2.24) is 0 Å². The van der Waals surface area contributed by atoms with E-state index in [0.29, 0.717) is 0 Å². The van der Waals surface area contributed by atoms with Crippen LogP contribution in [0.3, 0.4) is 0 Å². The van der Waals surface area contributed by atoms with Gasteiger partial charge in [0.05, 0.1) is 19.3 Å². The highest BCUT2D eigenvalue weighted by Gasteiger charge is 2.36. The number of hydrogen-bond acceptors (Lipinski definition) is 8. The van der Waals surface area contributed by atoms with Crippen molar-refractivity contribution in [2.75, 3.05) is 19.8 Å². The van der Waals surface area contributed by atoms with Crippen molar-refractivity contribution in [3.63, 3.8) is 0 Å². The minimum absolute atomic E-state index is 0.112. The van der Waals surface area contributed by atoms with Gasteiger partial charge in [-0.25, -0.2) is 9.36 Å². The van der Waals surface area contributed by atoms with E-state index < -0.39 is 31.6 Å². The lowest BCUT2D eigenvalue weighted by Gasteiger charge is -2.31. The quantitative estimate of drug-likeness (QED) is 0.0712. The highest BCUT2D eigenvalue weighted by atomic mass is 31.2. The number of phosphoric acid groups is 1.